The first kappa shape index (κ1) is 13.5. The Balaban J connectivity index is 2.86. The summed E-state index contributed by atoms with van der Waals surface area (Å²) in [6, 6.07) is 4.28. The topological polar surface area (TPSA) is 122 Å². The minimum absolute atomic E-state index is 0.217. The zero-order chi connectivity index (χ0) is 13.7. The Labute approximate surface area is 103 Å². The number of hydrogen-bond acceptors (Lipinski definition) is 4. The lowest BCUT2D eigenvalue weighted by Gasteiger charge is -2.08. The number of amides is 2. The largest absolute Gasteiger partial charge is 0.480 e. The summed E-state index contributed by atoms with van der Waals surface area (Å²) in [5.74, 6) is -2.00. The number of nitrogens with two attached hydrogens (primary N) is 1. The molecule has 1 rings (SSSR count). The Morgan fingerprint density at radius 1 is 1.33 bits per heavy atom. The molecule has 0 aromatic heterocycles. The van der Waals surface area contributed by atoms with E-state index < -0.39 is 18.4 Å². The molecule has 0 saturated heterocycles. The van der Waals surface area contributed by atoms with Crippen LogP contribution in [0.2, 0.25) is 0 Å². The predicted octanol–water partition coefficient (Wildman–Crippen LogP) is 0.0416. The molecule has 0 aliphatic rings. The average Bonchev–Trinajstić information content (AvgIpc) is 2.28. The molecule has 7 heteroatoms. The van der Waals surface area contributed by atoms with Gasteiger partial charge in [0.2, 0.25) is 5.91 Å². The molecule has 0 aliphatic heterocycles. The van der Waals surface area contributed by atoms with Gasteiger partial charge < -0.3 is 21.5 Å². The number of benzene rings is 1. The molecule has 96 valence electrons. The maximum absolute atomic E-state index is 11.6. The van der Waals surface area contributed by atoms with Crippen LogP contribution in [0.3, 0.4) is 0 Å². The van der Waals surface area contributed by atoms with E-state index in [1.165, 1.54) is 25.1 Å². The van der Waals surface area contributed by atoms with Crippen LogP contribution in [0, 0.1) is 0 Å². The lowest BCUT2D eigenvalue weighted by molar-refractivity contribution is -0.135. The lowest BCUT2D eigenvalue weighted by atomic mass is 10.1. The zero-order valence-electron chi connectivity index (χ0n) is 9.69. The molecule has 0 spiro atoms. The summed E-state index contributed by atoms with van der Waals surface area (Å²) in [4.78, 5) is 32.8. The van der Waals surface area contributed by atoms with Crippen molar-refractivity contribution < 1.29 is 19.5 Å². The molecule has 0 radical (unpaired) electrons. The van der Waals surface area contributed by atoms with E-state index in [0.29, 0.717) is 11.4 Å². The molecular formula is C11H13N3O4. The van der Waals surface area contributed by atoms with Gasteiger partial charge in [0.15, 0.2) is 0 Å². The maximum Gasteiger partial charge on any atom is 0.322 e. The highest BCUT2D eigenvalue weighted by atomic mass is 16.4. The van der Waals surface area contributed by atoms with Crippen molar-refractivity contribution in [3.05, 3.63) is 23.8 Å². The van der Waals surface area contributed by atoms with Crippen molar-refractivity contribution in [3.8, 4) is 0 Å². The van der Waals surface area contributed by atoms with Crippen LogP contribution in [0.25, 0.3) is 0 Å². The first-order chi connectivity index (χ1) is 8.40. The Morgan fingerprint density at radius 2 is 2.00 bits per heavy atom. The summed E-state index contributed by atoms with van der Waals surface area (Å²) in [5.41, 5.74) is 6.47. The third kappa shape index (κ3) is 3.78. The molecule has 7 nitrogen and oxygen atoms in total. The number of aliphatic carboxylic acids is 1. The molecule has 1 aromatic rings. The van der Waals surface area contributed by atoms with Crippen molar-refractivity contribution in [1.82, 2.24) is 5.32 Å². The van der Waals surface area contributed by atoms with Gasteiger partial charge >= 0.3 is 5.97 Å². The van der Waals surface area contributed by atoms with Gasteiger partial charge in [0.1, 0.15) is 6.54 Å². The molecule has 0 aliphatic carbocycles. The van der Waals surface area contributed by atoms with Crippen LogP contribution >= 0.6 is 0 Å². The van der Waals surface area contributed by atoms with Crippen LogP contribution in [0.4, 0.5) is 11.4 Å². The second-order valence-corrected chi connectivity index (χ2v) is 3.56. The van der Waals surface area contributed by atoms with Gasteiger partial charge in [-0.05, 0) is 18.2 Å². The van der Waals surface area contributed by atoms with E-state index in [-0.39, 0.29) is 11.5 Å². The van der Waals surface area contributed by atoms with E-state index in [4.69, 9.17) is 10.8 Å². The van der Waals surface area contributed by atoms with Crippen LogP contribution in [0.1, 0.15) is 17.3 Å². The van der Waals surface area contributed by atoms with Gasteiger partial charge in [-0.1, -0.05) is 0 Å². The van der Waals surface area contributed by atoms with Crippen LogP contribution in [0.5, 0.6) is 0 Å². The van der Waals surface area contributed by atoms with E-state index in [0.717, 1.165) is 0 Å². The van der Waals surface area contributed by atoms with Crippen molar-refractivity contribution >= 4 is 29.2 Å². The quantitative estimate of drug-likeness (QED) is 0.563. The fourth-order valence-corrected chi connectivity index (χ4v) is 1.25. The van der Waals surface area contributed by atoms with Crippen LogP contribution in [-0.2, 0) is 9.59 Å². The molecule has 2 amide bonds. The molecule has 18 heavy (non-hydrogen) atoms. The predicted molar refractivity (Wildman–Crippen MR) is 65.1 cm³/mol. The standard InChI is InChI=1S/C11H13N3O4/c1-6(15)14-9-4-7(2-3-8(9)12)11(18)13-5-10(16)17/h2-4H,5,12H2,1H3,(H,13,18)(H,14,15)(H,16,17). The smallest absolute Gasteiger partial charge is 0.322 e. The average molecular weight is 251 g/mol. The van der Waals surface area contributed by atoms with Gasteiger partial charge in [0.25, 0.3) is 5.91 Å². The van der Waals surface area contributed by atoms with E-state index in [9.17, 15) is 14.4 Å². The minimum atomic E-state index is -1.14. The number of carboxylic acids is 1. The number of nitrogens with one attached hydrogen (secondary N) is 2. The second-order valence-electron chi connectivity index (χ2n) is 3.56. The fourth-order valence-electron chi connectivity index (χ4n) is 1.25. The van der Waals surface area contributed by atoms with E-state index in [1.54, 1.807) is 0 Å². The van der Waals surface area contributed by atoms with Gasteiger partial charge in [0, 0.05) is 12.5 Å². The molecule has 0 saturated carbocycles. The Kier molecular flexibility index (Phi) is 4.25. The number of carboxylic acid groups (broad SMARTS) is 1. The van der Waals surface area contributed by atoms with Crippen LogP contribution in [0.15, 0.2) is 18.2 Å². The summed E-state index contributed by atoms with van der Waals surface area (Å²) in [6.07, 6.45) is 0. The van der Waals surface area contributed by atoms with Crippen molar-refractivity contribution in [3.63, 3.8) is 0 Å². The second kappa shape index (κ2) is 5.67. The zero-order valence-corrected chi connectivity index (χ0v) is 9.69. The van der Waals surface area contributed by atoms with Gasteiger partial charge in [-0.2, -0.15) is 0 Å². The number of hydrogen-bond donors (Lipinski definition) is 4. The van der Waals surface area contributed by atoms with Gasteiger partial charge in [0.05, 0.1) is 11.4 Å². The SMILES string of the molecule is CC(=O)Nc1cc(C(=O)NCC(=O)O)ccc1N. The van der Waals surface area contributed by atoms with Crippen molar-refractivity contribution in [2.75, 3.05) is 17.6 Å². The van der Waals surface area contributed by atoms with Crippen molar-refractivity contribution in [1.29, 1.82) is 0 Å². The number of carbonyl (C=O) groups is 3. The third-order valence-electron chi connectivity index (χ3n) is 2.03. The summed E-state index contributed by atoms with van der Waals surface area (Å²) < 4.78 is 0. The summed E-state index contributed by atoms with van der Waals surface area (Å²) >= 11 is 0. The normalized spacial score (nSPS) is 9.61. The Bertz CT molecular complexity index is 499. The Morgan fingerprint density at radius 3 is 2.56 bits per heavy atom. The van der Waals surface area contributed by atoms with E-state index >= 15 is 0 Å². The van der Waals surface area contributed by atoms with E-state index in [2.05, 4.69) is 10.6 Å². The maximum atomic E-state index is 11.6. The van der Waals surface area contributed by atoms with Gasteiger partial charge in [-0.3, -0.25) is 14.4 Å². The first-order valence-electron chi connectivity index (χ1n) is 5.07. The highest BCUT2D eigenvalue weighted by Crippen LogP contribution is 2.19. The van der Waals surface area contributed by atoms with Crippen molar-refractivity contribution in [2.24, 2.45) is 0 Å². The molecule has 0 heterocycles. The van der Waals surface area contributed by atoms with E-state index in [1.807, 2.05) is 0 Å². The molecule has 0 bridgehead atoms. The molecule has 0 atom stereocenters. The minimum Gasteiger partial charge on any atom is -0.480 e. The first-order valence-corrected chi connectivity index (χ1v) is 5.07. The highest BCUT2D eigenvalue weighted by Gasteiger charge is 2.10. The molecule has 0 fully saturated rings. The lowest BCUT2D eigenvalue weighted by Crippen LogP contribution is -2.29. The van der Waals surface area contributed by atoms with Crippen LogP contribution < -0.4 is 16.4 Å². The van der Waals surface area contributed by atoms with Crippen LogP contribution in [-0.4, -0.2) is 29.4 Å². The Hall–Kier alpha value is -2.57. The van der Waals surface area contributed by atoms with Crippen molar-refractivity contribution in [2.45, 2.75) is 6.92 Å². The summed E-state index contributed by atoms with van der Waals surface area (Å²) in [7, 11) is 0. The number of nitrogen functional groups attached to an aromatic ring is 1. The number of anilines is 2. The van der Waals surface area contributed by atoms with Gasteiger partial charge in [-0.25, -0.2) is 0 Å². The number of rotatable bonds is 4. The molecule has 1 aromatic carbocycles. The fraction of sp³-hybridized carbons (Fsp3) is 0.182. The summed E-state index contributed by atoms with van der Waals surface area (Å²) in [6.45, 7) is 0.843. The monoisotopic (exact) mass is 251 g/mol. The molecule has 0 unspecified atom stereocenters. The summed E-state index contributed by atoms with van der Waals surface area (Å²) in [5, 5.41) is 13.1. The highest BCUT2D eigenvalue weighted by molar-refractivity contribution is 5.99. The third-order valence-corrected chi connectivity index (χ3v) is 2.03. The molecule has 5 N–H and O–H groups in total. The molecular weight excluding hydrogens is 238 g/mol. The van der Waals surface area contributed by atoms with Gasteiger partial charge in [-0.15, -0.1) is 0 Å². The number of carbonyl (C=O) groups excluding carboxylic acids is 2.